The van der Waals surface area contributed by atoms with E-state index in [0.29, 0.717) is 11.3 Å². The molecular weight excluding hydrogens is 186 g/mol. The van der Waals surface area contributed by atoms with Gasteiger partial charge in [-0.05, 0) is 30.6 Å². The maximum atomic E-state index is 10.9. The van der Waals surface area contributed by atoms with E-state index in [0.717, 1.165) is 19.3 Å². The van der Waals surface area contributed by atoms with Crippen molar-refractivity contribution in [1.29, 1.82) is 0 Å². The van der Waals surface area contributed by atoms with Gasteiger partial charge in [0.25, 0.3) is 0 Å². The third-order valence-electron chi connectivity index (χ3n) is 2.56. The van der Waals surface area contributed by atoms with E-state index >= 15 is 0 Å². The molecular formula is C9H19NO2S. The fourth-order valence-electron chi connectivity index (χ4n) is 1.98. The molecule has 0 aromatic heterocycles. The Morgan fingerprint density at radius 2 is 1.77 bits per heavy atom. The normalized spacial score (nSPS) is 29.8. The molecule has 13 heavy (non-hydrogen) atoms. The molecule has 1 rings (SSSR count). The first kappa shape index (κ1) is 11.0. The summed E-state index contributed by atoms with van der Waals surface area (Å²) < 4.78 is 21.8. The summed E-state index contributed by atoms with van der Waals surface area (Å²) in [6.07, 6.45) is 2.62. The molecule has 0 saturated heterocycles. The molecule has 1 aliphatic carbocycles. The Labute approximate surface area is 80.8 Å². The molecule has 0 spiro atoms. The van der Waals surface area contributed by atoms with Crippen molar-refractivity contribution in [2.45, 2.75) is 45.3 Å². The van der Waals surface area contributed by atoms with Crippen molar-refractivity contribution < 1.29 is 8.42 Å². The van der Waals surface area contributed by atoms with E-state index in [1.807, 2.05) is 0 Å². The van der Waals surface area contributed by atoms with E-state index in [-0.39, 0.29) is 5.25 Å². The van der Waals surface area contributed by atoms with Crippen molar-refractivity contribution in [3.63, 3.8) is 0 Å². The first-order chi connectivity index (χ1) is 5.68. The smallest absolute Gasteiger partial charge is 0.211 e. The van der Waals surface area contributed by atoms with Crippen LogP contribution < -0.4 is 5.14 Å². The van der Waals surface area contributed by atoms with E-state index in [2.05, 4.69) is 20.8 Å². The standard InChI is InChI=1S/C9H19NO2S/c1-9(2,3)6-7-4-8(5-7)13(10,11)12/h7-8H,4-6H2,1-3H3,(H2,10,11,12). The Bertz CT molecular complexity index is 270. The Morgan fingerprint density at radius 3 is 2.08 bits per heavy atom. The molecule has 0 atom stereocenters. The topological polar surface area (TPSA) is 60.2 Å². The van der Waals surface area contributed by atoms with Gasteiger partial charge in [-0.15, -0.1) is 0 Å². The minimum Gasteiger partial charge on any atom is -0.228 e. The number of hydrogen-bond donors (Lipinski definition) is 1. The summed E-state index contributed by atoms with van der Waals surface area (Å²) in [5.41, 5.74) is 0.300. The highest BCUT2D eigenvalue weighted by atomic mass is 32.2. The first-order valence-electron chi connectivity index (χ1n) is 4.70. The molecule has 0 aliphatic heterocycles. The second-order valence-electron chi connectivity index (χ2n) is 5.31. The lowest BCUT2D eigenvalue weighted by Gasteiger charge is -2.37. The van der Waals surface area contributed by atoms with Crippen molar-refractivity contribution in [1.82, 2.24) is 0 Å². The highest BCUT2D eigenvalue weighted by Gasteiger charge is 2.38. The van der Waals surface area contributed by atoms with Crippen LogP contribution in [-0.2, 0) is 10.0 Å². The van der Waals surface area contributed by atoms with Crippen LogP contribution >= 0.6 is 0 Å². The van der Waals surface area contributed by atoms with Crippen LogP contribution in [0.2, 0.25) is 0 Å². The van der Waals surface area contributed by atoms with Crippen LogP contribution in [0, 0.1) is 11.3 Å². The third-order valence-corrected chi connectivity index (χ3v) is 3.87. The van der Waals surface area contributed by atoms with E-state index in [9.17, 15) is 8.42 Å². The lowest BCUT2D eigenvalue weighted by molar-refractivity contribution is 0.209. The SMILES string of the molecule is CC(C)(C)CC1CC(S(N)(=O)=O)C1. The molecule has 1 aliphatic rings. The number of primary sulfonamides is 1. The van der Waals surface area contributed by atoms with Crippen molar-refractivity contribution in [3.8, 4) is 0 Å². The van der Waals surface area contributed by atoms with Crippen molar-refractivity contribution in [2.75, 3.05) is 0 Å². The van der Waals surface area contributed by atoms with Gasteiger partial charge >= 0.3 is 0 Å². The Hall–Kier alpha value is -0.0900. The van der Waals surface area contributed by atoms with Gasteiger partial charge in [0.2, 0.25) is 10.0 Å². The highest BCUT2D eigenvalue weighted by molar-refractivity contribution is 7.89. The molecule has 0 radical (unpaired) electrons. The van der Waals surface area contributed by atoms with Crippen LogP contribution in [0.1, 0.15) is 40.0 Å². The molecule has 0 bridgehead atoms. The summed E-state index contributed by atoms with van der Waals surface area (Å²) in [6, 6.07) is 0. The zero-order chi connectivity index (χ0) is 10.3. The molecule has 0 unspecified atom stereocenters. The second-order valence-corrected chi connectivity index (χ2v) is 7.16. The van der Waals surface area contributed by atoms with Crippen LogP contribution in [0.15, 0.2) is 0 Å². The largest absolute Gasteiger partial charge is 0.228 e. The van der Waals surface area contributed by atoms with E-state index in [4.69, 9.17) is 5.14 Å². The average Bonchev–Trinajstić information content (AvgIpc) is 1.71. The van der Waals surface area contributed by atoms with Gasteiger partial charge in [-0.1, -0.05) is 20.8 Å². The summed E-state index contributed by atoms with van der Waals surface area (Å²) >= 11 is 0. The van der Waals surface area contributed by atoms with Crippen LogP contribution in [-0.4, -0.2) is 13.7 Å². The zero-order valence-corrected chi connectivity index (χ0v) is 9.39. The van der Waals surface area contributed by atoms with Gasteiger partial charge in [0.05, 0.1) is 5.25 Å². The van der Waals surface area contributed by atoms with Gasteiger partial charge in [-0.2, -0.15) is 0 Å². The summed E-state index contributed by atoms with van der Waals surface area (Å²) in [5, 5.41) is 4.77. The summed E-state index contributed by atoms with van der Waals surface area (Å²) in [7, 11) is -3.25. The molecule has 1 fully saturated rings. The molecule has 0 heterocycles. The van der Waals surface area contributed by atoms with Crippen molar-refractivity contribution >= 4 is 10.0 Å². The molecule has 1 saturated carbocycles. The van der Waals surface area contributed by atoms with Crippen LogP contribution in [0.25, 0.3) is 0 Å². The molecule has 0 aromatic rings. The Morgan fingerprint density at radius 1 is 1.31 bits per heavy atom. The van der Waals surface area contributed by atoms with E-state index in [1.54, 1.807) is 0 Å². The maximum absolute atomic E-state index is 10.9. The summed E-state index contributed by atoms with van der Waals surface area (Å²) in [4.78, 5) is 0. The quantitative estimate of drug-likeness (QED) is 0.742. The van der Waals surface area contributed by atoms with Gasteiger partial charge < -0.3 is 0 Å². The van der Waals surface area contributed by atoms with E-state index in [1.165, 1.54) is 0 Å². The molecule has 0 amide bonds. The lowest BCUT2D eigenvalue weighted by Crippen LogP contribution is -2.41. The van der Waals surface area contributed by atoms with Crippen molar-refractivity contribution in [3.05, 3.63) is 0 Å². The molecule has 0 aromatic carbocycles. The fourth-order valence-corrected chi connectivity index (χ4v) is 3.06. The zero-order valence-electron chi connectivity index (χ0n) is 8.58. The van der Waals surface area contributed by atoms with Crippen LogP contribution in [0.5, 0.6) is 0 Å². The minimum absolute atomic E-state index is 0.264. The summed E-state index contributed by atoms with van der Waals surface area (Å²) in [6.45, 7) is 6.53. The van der Waals surface area contributed by atoms with Gasteiger partial charge in [-0.25, -0.2) is 13.6 Å². The number of nitrogens with two attached hydrogens (primary N) is 1. The molecule has 3 nitrogen and oxygen atoms in total. The number of rotatable bonds is 2. The minimum atomic E-state index is -3.25. The fraction of sp³-hybridized carbons (Fsp3) is 1.00. The molecule has 4 heteroatoms. The van der Waals surface area contributed by atoms with Gasteiger partial charge in [-0.3, -0.25) is 0 Å². The average molecular weight is 205 g/mol. The monoisotopic (exact) mass is 205 g/mol. The van der Waals surface area contributed by atoms with Crippen LogP contribution in [0.3, 0.4) is 0 Å². The number of hydrogen-bond acceptors (Lipinski definition) is 2. The first-order valence-corrected chi connectivity index (χ1v) is 6.31. The molecule has 2 N–H and O–H groups in total. The summed E-state index contributed by atoms with van der Waals surface area (Å²) in [5.74, 6) is 0.559. The second kappa shape index (κ2) is 3.24. The molecule has 78 valence electrons. The van der Waals surface area contributed by atoms with Gasteiger partial charge in [0, 0.05) is 0 Å². The van der Waals surface area contributed by atoms with E-state index < -0.39 is 10.0 Å². The highest BCUT2D eigenvalue weighted by Crippen LogP contribution is 2.39. The Balaban J connectivity index is 2.35. The van der Waals surface area contributed by atoms with Gasteiger partial charge in [0.1, 0.15) is 0 Å². The van der Waals surface area contributed by atoms with Crippen LogP contribution in [0.4, 0.5) is 0 Å². The van der Waals surface area contributed by atoms with Crippen molar-refractivity contribution in [2.24, 2.45) is 16.5 Å². The maximum Gasteiger partial charge on any atom is 0.211 e. The lowest BCUT2D eigenvalue weighted by atomic mass is 9.74. The predicted octanol–water partition coefficient (Wildman–Crippen LogP) is 1.49. The van der Waals surface area contributed by atoms with Gasteiger partial charge in [0.15, 0.2) is 0 Å². The number of sulfonamides is 1. The Kier molecular flexibility index (Phi) is 2.74. The third kappa shape index (κ3) is 3.27. The predicted molar refractivity (Wildman–Crippen MR) is 53.7 cm³/mol.